The molecule has 4 aromatic rings. The highest BCUT2D eigenvalue weighted by Gasteiger charge is 2.45. The number of aliphatic hydroxyl groups is 2. The molecule has 0 radical (unpaired) electrons. The van der Waals surface area contributed by atoms with Gasteiger partial charge in [-0.15, -0.1) is 0 Å². The Morgan fingerprint density at radius 3 is 1.98 bits per heavy atom. The summed E-state index contributed by atoms with van der Waals surface area (Å²) in [6, 6.07) is 26.2. The molecular weight excluding hydrogens is 575 g/mol. The van der Waals surface area contributed by atoms with Crippen molar-refractivity contribution < 1.29 is 19.9 Å². The summed E-state index contributed by atoms with van der Waals surface area (Å²) in [5.41, 5.74) is 0.303. The SMILES string of the molecule is Cn1cc([P+](CCCCCCCCC(=O)N[C@H](CO)[C@H](O)c2ccc([N+](=O)[O-])cc2)(c2ccccc2)c2ccccc2)cn1. The number of carbonyl (C=O) groups excluding carboxylic acids is 1. The van der Waals surface area contributed by atoms with Gasteiger partial charge in [-0.25, -0.2) is 0 Å². The van der Waals surface area contributed by atoms with E-state index in [0.717, 1.165) is 44.7 Å². The smallest absolute Gasteiger partial charge is 0.269 e. The Morgan fingerprint density at radius 2 is 1.45 bits per heavy atom. The Labute approximate surface area is 259 Å². The Morgan fingerprint density at radius 1 is 0.886 bits per heavy atom. The summed E-state index contributed by atoms with van der Waals surface area (Å²) < 4.78 is 1.89. The number of unbranched alkanes of at least 4 members (excludes halogenated alkanes) is 5. The molecule has 3 aromatic carbocycles. The molecule has 0 unspecified atom stereocenters. The Balaban J connectivity index is 1.25. The zero-order chi connectivity index (χ0) is 31.4. The zero-order valence-corrected chi connectivity index (χ0v) is 26.1. The summed E-state index contributed by atoms with van der Waals surface area (Å²) in [4.78, 5) is 22.9. The second kappa shape index (κ2) is 16.2. The van der Waals surface area contributed by atoms with Crippen molar-refractivity contribution in [3.63, 3.8) is 0 Å². The predicted molar refractivity (Wildman–Crippen MR) is 176 cm³/mol. The first-order valence-corrected chi connectivity index (χ1v) is 17.1. The Hall–Kier alpha value is -3.91. The number of aryl methyl sites for hydroxylation is 1. The summed E-state index contributed by atoms with van der Waals surface area (Å²) in [6.07, 6.45) is 10.3. The van der Waals surface area contributed by atoms with Crippen molar-refractivity contribution in [2.24, 2.45) is 7.05 Å². The van der Waals surface area contributed by atoms with Gasteiger partial charge < -0.3 is 15.5 Å². The maximum atomic E-state index is 12.5. The molecule has 0 aliphatic heterocycles. The van der Waals surface area contributed by atoms with Crippen LogP contribution in [0.1, 0.15) is 56.6 Å². The molecule has 9 nitrogen and oxygen atoms in total. The lowest BCUT2D eigenvalue weighted by atomic mass is 10.0. The molecule has 3 N–H and O–H groups in total. The number of hydrogen-bond acceptors (Lipinski definition) is 6. The van der Waals surface area contributed by atoms with Crippen LogP contribution in [0, 0.1) is 10.1 Å². The van der Waals surface area contributed by atoms with E-state index in [1.807, 2.05) is 17.9 Å². The molecular formula is C34H42N4O5P+. The van der Waals surface area contributed by atoms with E-state index in [-0.39, 0.29) is 11.6 Å². The molecule has 0 spiro atoms. The van der Waals surface area contributed by atoms with Gasteiger partial charge in [-0.05, 0) is 61.2 Å². The van der Waals surface area contributed by atoms with Crippen molar-refractivity contribution in [1.29, 1.82) is 0 Å². The summed E-state index contributed by atoms with van der Waals surface area (Å²) in [6.45, 7) is -0.445. The molecule has 4 rings (SSSR count). The third-order valence-corrected chi connectivity index (χ3v) is 12.5. The largest absolute Gasteiger partial charge is 0.394 e. The average molecular weight is 618 g/mol. The molecule has 232 valence electrons. The molecule has 10 heteroatoms. The monoisotopic (exact) mass is 617 g/mol. The topological polar surface area (TPSA) is 131 Å². The summed E-state index contributed by atoms with van der Waals surface area (Å²) in [5, 5.41) is 42.4. The first-order valence-electron chi connectivity index (χ1n) is 15.2. The van der Waals surface area contributed by atoms with E-state index >= 15 is 0 Å². The molecule has 0 saturated heterocycles. The minimum atomic E-state index is -1.87. The summed E-state index contributed by atoms with van der Waals surface area (Å²) in [5.74, 6) is -0.234. The third-order valence-electron chi connectivity index (χ3n) is 8.04. The number of hydrogen-bond donors (Lipinski definition) is 3. The van der Waals surface area contributed by atoms with Gasteiger partial charge in [-0.1, -0.05) is 55.7 Å². The molecule has 1 heterocycles. The Kier molecular flexibility index (Phi) is 12.2. The van der Waals surface area contributed by atoms with Gasteiger partial charge in [-0.2, -0.15) is 5.10 Å². The highest BCUT2D eigenvalue weighted by atomic mass is 31.2. The van der Waals surface area contributed by atoms with Crippen LogP contribution in [0.15, 0.2) is 97.3 Å². The van der Waals surface area contributed by atoms with Crippen LogP contribution >= 0.6 is 7.26 Å². The number of nitro groups is 1. The molecule has 1 amide bonds. The van der Waals surface area contributed by atoms with Gasteiger partial charge in [0.25, 0.3) is 5.69 Å². The molecule has 0 fully saturated rings. The van der Waals surface area contributed by atoms with Crippen LogP contribution in [0.2, 0.25) is 0 Å². The number of rotatable bonds is 17. The van der Waals surface area contributed by atoms with Crippen molar-refractivity contribution in [1.82, 2.24) is 15.1 Å². The van der Waals surface area contributed by atoms with Crippen LogP contribution in [0.5, 0.6) is 0 Å². The number of nitro benzene ring substituents is 1. The van der Waals surface area contributed by atoms with Gasteiger partial charge in [-0.3, -0.25) is 19.6 Å². The standard InChI is InChI=1S/C34H41N4O5P/c1-37-25-31(24-35-37)44(29-14-8-6-9-15-29,30-16-10-7-11-17-30)23-13-5-3-2-4-12-18-33(40)36-32(26-39)34(41)27-19-21-28(22-20-27)38(42)43/h6-11,14-17,19-22,24-25,32,34,39,41H,2-5,12-13,18,23,26H2,1H3/p+1/t32-,34-/m1/s1. The number of nitrogens with zero attached hydrogens (tertiary/aromatic N) is 3. The molecule has 0 aliphatic rings. The maximum Gasteiger partial charge on any atom is 0.269 e. The molecule has 0 aliphatic carbocycles. The lowest BCUT2D eigenvalue weighted by Gasteiger charge is -2.26. The fourth-order valence-corrected chi connectivity index (χ4v) is 10.0. The second-order valence-corrected chi connectivity index (χ2v) is 14.7. The molecule has 44 heavy (non-hydrogen) atoms. The fourth-order valence-electron chi connectivity index (χ4n) is 5.68. The van der Waals surface area contributed by atoms with E-state index in [4.69, 9.17) is 0 Å². The highest BCUT2D eigenvalue weighted by molar-refractivity contribution is 7.95. The van der Waals surface area contributed by atoms with E-state index in [0.29, 0.717) is 12.0 Å². The van der Waals surface area contributed by atoms with Gasteiger partial charge in [0.15, 0.2) is 0 Å². The minimum absolute atomic E-state index is 0.0904. The zero-order valence-electron chi connectivity index (χ0n) is 25.2. The van der Waals surface area contributed by atoms with Crippen molar-refractivity contribution in [3.8, 4) is 0 Å². The fraction of sp³-hybridized carbons (Fsp3) is 0.353. The van der Waals surface area contributed by atoms with Crippen LogP contribution in [0.25, 0.3) is 0 Å². The summed E-state index contributed by atoms with van der Waals surface area (Å²) in [7, 11) is 0.104. The van der Waals surface area contributed by atoms with Crippen LogP contribution < -0.4 is 21.2 Å². The van der Waals surface area contributed by atoms with Crippen molar-refractivity contribution in [2.75, 3.05) is 12.8 Å². The van der Waals surface area contributed by atoms with Crippen LogP contribution in [-0.4, -0.2) is 49.6 Å². The Bertz CT molecular complexity index is 1420. The number of benzene rings is 3. The quantitative estimate of drug-likeness (QED) is 0.0689. The van der Waals surface area contributed by atoms with E-state index in [1.165, 1.54) is 40.2 Å². The predicted octanol–water partition coefficient (Wildman–Crippen LogP) is 4.56. The van der Waals surface area contributed by atoms with Crippen LogP contribution in [-0.2, 0) is 11.8 Å². The van der Waals surface area contributed by atoms with Crippen LogP contribution in [0.3, 0.4) is 0 Å². The van der Waals surface area contributed by atoms with Gasteiger partial charge in [0, 0.05) is 25.6 Å². The highest BCUT2D eigenvalue weighted by Crippen LogP contribution is 2.56. The van der Waals surface area contributed by atoms with Gasteiger partial charge in [0.1, 0.15) is 29.3 Å². The van der Waals surface area contributed by atoms with E-state index in [1.54, 1.807) is 0 Å². The first kappa shape index (κ1) is 33.0. The van der Waals surface area contributed by atoms with Gasteiger partial charge in [0.2, 0.25) is 5.91 Å². The van der Waals surface area contributed by atoms with Gasteiger partial charge in [0.05, 0.1) is 36.1 Å². The minimum Gasteiger partial charge on any atom is -0.394 e. The van der Waals surface area contributed by atoms with Gasteiger partial charge >= 0.3 is 0 Å². The normalized spacial score (nSPS) is 12.9. The van der Waals surface area contributed by atoms with Crippen molar-refractivity contribution in [3.05, 3.63) is 113 Å². The van der Waals surface area contributed by atoms with Crippen LogP contribution in [0.4, 0.5) is 5.69 Å². The molecule has 2 atom stereocenters. The first-order chi connectivity index (χ1) is 21.3. The lowest BCUT2D eigenvalue weighted by molar-refractivity contribution is -0.384. The number of aliphatic hydroxyl groups excluding tert-OH is 2. The third kappa shape index (κ3) is 8.38. The number of carbonyl (C=O) groups is 1. The average Bonchev–Trinajstić information content (AvgIpc) is 3.49. The molecule has 0 bridgehead atoms. The number of non-ortho nitro benzene ring substituents is 1. The van der Waals surface area contributed by atoms with E-state index in [9.17, 15) is 25.1 Å². The number of aromatic nitrogens is 2. The van der Waals surface area contributed by atoms with Crippen molar-refractivity contribution in [2.45, 2.75) is 57.1 Å². The van der Waals surface area contributed by atoms with E-state index < -0.39 is 30.9 Å². The summed E-state index contributed by atoms with van der Waals surface area (Å²) >= 11 is 0. The van der Waals surface area contributed by atoms with E-state index in [2.05, 4.69) is 77.3 Å². The lowest BCUT2D eigenvalue weighted by Crippen LogP contribution is -2.41. The maximum absolute atomic E-state index is 12.5. The number of amides is 1. The second-order valence-electron chi connectivity index (χ2n) is 11.1. The molecule has 0 saturated carbocycles. The number of nitrogens with one attached hydrogen (secondary N) is 1. The molecule has 1 aromatic heterocycles. The van der Waals surface area contributed by atoms with Crippen molar-refractivity contribution >= 4 is 34.8 Å².